The van der Waals surface area contributed by atoms with Gasteiger partial charge in [-0.05, 0) is 35.2 Å². The lowest BCUT2D eigenvalue weighted by atomic mass is 9.95. The quantitative estimate of drug-likeness (QED) is 0.281. The zero-order valence-corrected chi connectivity index (χ0v) is 17.8. The molecule has 0 spiro atoms. The van der Waals surface area contributed by atoms with Gasteiger partial charge in [-0.3, -0.25) is 19.5 Å². The van der Waals surface area contributed by atoms with Gasteiger partial charge in [0.2, 0.25) is 0 Å². The Labute approximate surface area is 190 Å². The Bertz CT molecular complexity index is 1410. The molecule has 6 heteroatoms. The van der Waals surface area contributed by atoms with E-state index in [4.69, 9.17) is 4.74 Å². The number of anilines is 1. The van der Waals surface area contributed by atoms with Crippen LogP contribution in [0.4, 0.5) is 5.69 Å². The van der Waals surface area contributed by atoms with Crippen LogP contribution in [0.5, 0.6) is 5.75 Å². The minimum Gasteiger partial charge on any atom is -0.507 e. The van der Waals surface area contributed by atoms with Crippen LogP contribution in [-0.4, -0.2) is 28.9 Å². The summed E-state index contributed by atoms with van der Waals surface area (Å²) < 4.78 is 5.26. The predicted octanol–water partition coefficient (Wildman–Crippen LogP) is 4.87. The number of carbonyl (C=O) groups excluding carboxylic acids is 2. The van der Waals surface area contributed by atoms with Crippen molar-refractivity contribution in [1.29, 1.82) is 0 Å². The van der Waals surface area contributed by atoms with Crippen LogP contribution in [0.25, 0.3) is 16.5 Å². The van der Waals surface area contributed by atoms with Crippen molar-refractivity contribution in [3.05, 3.63) is 108 Å². The zero-order chi connectivity index (χ0) is 22.9. The van der Waals surface area contributed by atoms with Crippen LogP contribution in [0.1, 0.15) is 17.2 Å². The first-order valence-electron chi connectivity index (χ1n) is 10.4. The summed E-state index contributed by atoms with van der Waals surface area (Å²) in [4.78, 5) is 32.3. The second kappa shape index (κ2) is 8.24. The van der Waals surface area contributed by atoms with Gasteiger partial charge in [-0.2, -0.15) is 0 Å². The molecule has 1 aliphatic heterocycles. The molecule has 1 fully saturated rings. The van der Waals surface area contributed by atoms with Crippen molar-refractivity contribution in [3.8, 4) is 5.75 Å². The maximum Gasteiger partial charge on any atom is 0.300 e. The number of aromatic nitrogens is 1. The first-order valence-corrected chi connectivity index (χ1v) is 10.4. The molecule has 1 atom stereocenters. The van der Waals surface area contributed by atoms with Crippen molar-refractivity contribution < 1.29 is 19.4 Å². The van der Waals surface area contributed by atoms with Crippen LogP contribution < -0.4 is 9.64 Å². The number of rotatable bonds is 4. The molecule has 1 aliphatic rings. The largest absolute Gasteiger partial charge is 0.507 e. The van der Waals surface area contributed by atoms with Crippen molar-refractivity contribution in [2.24, 2.45) is 0 Å². The minimum atomic E-state index is -0.837. The van der Waals surface area contributed by atoms with E-state index >= 15 is 0 Å². The van der Waals surface area contributed by atoms with E-state index < -0.39 is 17.7 Å². The monoisotopic (exact) mass is 436 g/mol. The van der Waals surface area contributed by atoms with Crippen molar-refractivity contribution in [2.45, 2.75) is 6.04 Å². The summed E-state index contributed by atoms with van der Waals surface area (Å²) in [6, 6.07) is 22.7. The van der Waals surface area contributed by atoms with Crippen molar-refractivity contribution in [1.82, 2.24) is 4.98 Å². The first-order chi connectivity index (χ1) is 16.1. The Kier molecular flexibility index (Phi) is 5.11. The summed E-state index contributed by atoms with van der Waals surface area (Å²) in [6.45, 7) is 0. The Morgan fingerprint density at radius 1 is 0.970 bits per heavy atom. The zero-order valence-electron chi connectivity index (χ0n) is 17.8. The lowest BCUT2D eigenvalue weighted by Crippen LogP contribution is -2.29. The van der Waals surface area contributed by atoms with Crippen LogP contribution in [0.3, 0.4) is 0 Å². The standard InChI is InChI=1S/C27H20N2O4/c1-33-20-11-4-9-18(15-20)25(30)23-24(19-10-6-14-28-16-19)29(27(32)26(23)31)22-13-5-8-17-7-2-3-12-21(17)22/h2-16,24,30H,1H3/b25-23+. The summed E-state index contributed by atoms with van der Waals surface area (Å²) in [5, 5.41) is 13.0. The van der Waals surface area contributed by atoms with Gasteiger partial charge in [0.25, 0.3) is 11.7 Å². The van der Waals surface area contributed by atoms with E-state index in [0.717, 1.165) is 10.8 Å². The van der Waals surface area contributed by atoms with E-state index in [1.807, 2.05) is 42.5 Å². The molecule has 6 nitrogen and oxygen atoms in total. The average molecular weight is 436 g/mol. The summed E-state index contributed by atoms with van der Waals surface area (Å²) in [5.41, 5.74) is 1.61. The molecular formula is C27H20N2O4. The number of hydrogen-bond donors (Lipinski definition) is 1. The van der Waals surface area contributed by atoms with E-state index in [2.05, 4.69) is 4.98 Å². The molecule has 1 aromatic heterocycles. The fourth-order valence-corrected chi connectivity index (χ4v) is 4.28. The topological polar surface area (TPSA) is 79.7 Å². The molecule has 0 saturated carbocycles. The van der Waals surface area contributed by atoms with Gasteiger partial charge in [0.05, 0.1) is 24.4 Å². The van der Waals surface area contributed by atoms with E-state index in [9.17, 15) is 14.7 Å². The number of benzene rings is 3. The number of ether oxygens (including phenoxy) is 1. The van der Waals surface area contributed by atoms with Crippen LogP contribution >= 0.6 is 0 Å². The molecule has 1 N–H and O–H groups in total. The summed E-state index contributed by atoms with van der Waals surface area (Å²) in [5.74, 6) is -1.19. The number of Topliss-reactive ketones (excluding diaryl/α,β-unsaturated/α-hetero) is 1. The highest BCUT2D eigenvalue weighted by Gasteiger charge is 2.47. The molecule has 1 saturated heterocycles. The Hall–Kier alpha value is -4.45. The van der Waals surface area contributed by atoms with E-state index in [0.29, 0.717) is 22.6 Å². The Balaban J connectivity index is 1.77. The number of fused-ring (bicyclic) bond motifs is 1. The van der Waals surface area contributed by atoms with E-state index in [1.54, 1.807) is 48.8 Å². The molecule has 33 heavy (non-hydrogen) atoms. The van der Waals surface area contributed by atoms with Crippen molar-refractivity contribution in [3.63, 3.8) is 0 Å². The highest BCUT2D eigenvalue weighted by Crippen LogP contribution is 2.44. The molecule has 5 rings (SSSR count). The number of aliphatic hydroxyl groups is 1. The predicted molar refractivity (Wildman–Crippen MR) is 126 cm³/mol. The molecular weight excluding hydrogens is 416 g/mol. The number of carbonyl (C=O) groups is 2. The van der Waals surface area contributed by atoms with Gasteiger partial charge in [-0.25, -0.2) is 0 Å². The minimum absolute atomic E-state index is 0.00851. The van der Waals surface area contributed by atoms with Crippen LogP contribution in [0, 0.1) is 0 Å². The molecule has 4 aromatic rings. The molecule has 2 heterocycles. The molecule has 0 radical (unpaired) electrons. The molecule has 3 aromatic carbocycles. The Morgan fingerprint density at radius 2 is 1.76 bits per heavy atom. The van der Waals surface area contributed by atoms with Gasteiger partial charge < -0.3 is 9.84 Å². The number of ketones is 1. The maximum absolute atomic E-state index is 13.4. The highest BCUT2D eigenvalue weighted by molar-refractivity contribution is 6.52. The van der Waals surface area contributed by atoms with Crippen LogP contribution in [0.15, 0.2) is 96.8 Å². The summed E-state index contributed by atoms with van der Waals surface area (Å²) in [7, 11) is 1.52. The number of aliphatic hydroxyl groups excluding tert-OH is 1. The normalized spacial score (nSPS) is 17.5. The number of amides is 1. The van der Waals surface area contributed by atoms with Gasteiger partial charge in [0.1, 0.15) is 11.5 Å². The van der Waals surface area contributed by atoms with Gasteiger partial charge >= 0.3 is 0 Å². The third-order valence-corrected chi connectivity index (χ3v) is 5.81. The van der Waals surface area contributed by atoms with Crippen molar-refractivity contribution >= 4 is 33.9 Å². The lowest BCUT2D eigenvalue weighted by molar-refractivity contribution is -0.132. The maximum atomic E-state index is 13.4. The van der Waals surface area contributed by atoms with Crippen LogP contribution in [-0.2, 0) is 9.59 Å². The molecule has 0 aliphatic carbocycles. The molecule has 0 bridgehead atoms. The average Bonchev–Trinajstić information content (AvgIpc) is 3.14. The second-order valence-electron chi connectivity index (χ2n) is 7.69. The highest BCUT2D eigenvalue weighted by atomic mass is 16.5. The molecule has 162 valence electrons. The van der Waals surface area contributed by atoms with Gasteiger partial charge in [0, 0.05) is 23.3 Å². The fraction of sp³-hybridized carbons (Fsp3) is 0.0741. The van der Waals surface area contributed by atoms with Gasteiger partial charge in [-0.1, -0.05) is 54.6 Å². The molecule has 1 unspecified atom stereocenters. The number of pyridine rings is 1. The second-order valence-corrected chi connectivity index (χ2v) is 7.69. The third kappa shape index (κ3) is 3.42. The third-order valence-electron chi connectivity index (χ3n) is 5.81. The first kappa shape index (κ1) is 20.5. The van der Waals surface area contributed by atoms with E-state index in [1.165, 1.54) is 12.0 Å². The fourth-order valence-electron chi connectivity index (χ4n) is 4.28. The number of nitrogens with zero attached hydrogens (tertiary/aromatic N) is 2. The molecule has 1 amide bonds. The number of methoxy groups -OCH3 is 1. The van der Waals surface area contributed by atoms with Gasteiger partial charge in [0.15, 0.2) is 0 Å². The van der Waals surface area contributed by atoms with Crippen LogP contribution in [0.2, 0.25) is 0 Å². The lowest BCUT2D eigenvalue weighted by Gasteiger charge is -2.26. The summed E-state index contributed by atoms with van der Waals surface area (Å²) >= 11 is 0. The number of hydrogen-bond acceptors (Lipinski definition) is 5. The summed E-state index contributed by atoms with van der Waals surface area (Å²) in [6.07, 6.45) is 3.23. The SMILES string of the molecule is COc1cccc(/C(O)=C2\C(=O)C(=O)N(c3cccc4ccccc34)C2c2cccnc2)c1. The van der Waals surface area contributed by atoms with E-state index in [-0.39, 0.29) is 11.3 Å². The van der Waals surface area contributed by atoms with Crippen molar-refractivity contribution in [2.75, 3.05) is 12.0 Å². The Morgan fingerprint density at radius 3 is 2.55 bits per heavy atom. The van der Waals surface area contributed by atoms with Gasteiger partial charge in [-0.15, -0.1) is 0 Å². The smallest absolute Gasteiger partial charge is 0.300 e.